The van der Waals surface area contributed by atoms with E-state index in [9.17, 15) is 40.5 Å². The first-order valence-corrected chi connectivity index (χ1v) is 9.52. The molecular weight excluding hydrogens is 428 g/mol. The highest BCUT2D eigenvalue weighted by Gasteiger charge is 2.39. The summed E-state index contributed by atoms with van der Waals surface area (Å²) in [6, 6.07) is 6.49. The highest BCUT2D eigenvalue weighted by atomic mass is 16.7. The van der Waals surface area contributed by atoms with E-state index in [1.165, 1.54) is 30.3 Å². The number of Topliss-reactive ketones (excluding diaryl/α,β-unsaturated/α-hetero) is 1. The Hall–Kier alpha value is -3.67. The number of rotatable bonds is 4. The molecule has 2 aromatic rings. The molecular formula is C21H20O11. The molecule has 0 fully saturated rings. The van der Waals surface area contributed by atoms with Gasteiger partial charge in [0, 0.05) is 0 Å². The fourth-order valence-electron chi connectivity index (χ4n) is 3.46. The first-order chi connectivity index (χ1) is 15.2. The SMILES string of the molecule is O=C1CC(c2ccc(O)c(O)c2)Oc2c1ccc(O[C@@H]1OC(CO)[C@@H](O)C(O)=C1O)c2O. The molecule has 0 bridgehead atoms. The number of hydrogen-bond donors (Lipinski definition) is 7. The van der Waals surface area contributed by atoms with Crippen LogP contribution in [-0.2, 0) is 4.74 Å². The zero-order chi connectivity index (χ0) is 23.2. The summed E-state index contributed by atoms with van der Waals surface area (Å²) in [5.74, 6) is -3.88. The highest BCUT2D eigenvalue weighted by Crippen LogP contribution is 2.46. The topological polar surface area (TPSA) is 186 Å². The largest absolute Gasteiger partial charge is 0.506 e. The maximum atomic E-state index is 12.6. The number of fused-ring (bicyclic) bond motifs is 1. The second-order valence-corrected chi connectivity index (χ2v) is 7.29. The van der Waals surface area contributed by atoms with Crippen LogP contribution in [0.15, 0.2) is 41.9 Å². The van der Waals surface area contributed by atoms with Crippen molar-refractivity contribution < 1.29 is 54.8 Å². The lowest BCUT2D eigenvalue weighted by atomic mass is 9.95. The fourth-order valence-corrected chi connectivity index (χ4v) is 3.46. The summed E-state index contributed by atoms with van der Waals surface area (Å²) in [6.45, 7) is -0.687. The molecule has 0 aromatic heterocycles. The van der Waals surface area contributed by atoms with Gasteiger partial charge in [-0.15, -0.1) is 0 Å². The maximum absolute atomic E-state index is 12.6. The first-order valence-electron chi connectivity index (χ1n) is 9.52. The second-order valence-electron chi connectivity index (χ2n) is 7.29. The van der Waals surface area contributed by atoms with Crippen molar-refractivity contribution in [3.8, 4) is 28.7 Å². The summed E-state index contributed by atoms with van der Waals surface area (Å²) in [6.07, 6.45) is -5.58. The standard InChI is InChI=1S/C21H20O11/c22-7-15-16(26)18(28)19(29)21(32-15)31-13-4-2-9-11(24)6-14(30-20(9)17(13)27)8-1-3-10(23)12(25)5-8/h1-5,14-16,21-23,25-29H,6-7H2/t14?,15?,16-,21-/m1/s1. The van der Waals surface area contributed by atoms with E-state index in [0.717, 1.165) is 0 Å². The minimum Gasteiger partial charge on any atom is -0.506 e. The van der Waals surface area contributed by atoms with Gasteiger partial charge in [-0.3, -0.25) is 4.79 Å². The highest BCUT2D eigenvalue weighted by molar-refractivity contribution is 6.01. The predicted octanol–water partition coefficient (Wildman–Crippen LogP) is 1.29. The number of phenols is 3. The van der Waals surface area contributed by atoms with Gasteiger partial charge in [-0.2, -0.15) is 0 Å². The number of hydrogen-bond acceptors (Lipinski definition) is 11. The molecule has 32 heavy (non-hydrogen) atoms. The zero-order valence-corrected chi connectivity index (χ0v) is 16.4. The van der Waals surface area contributed by atoms with Crippen molar-refractivity contribution >= 4 is 5.78 Å². The van der Waals surface area contributed by atoms with Crippen molar-refractivity contribution in [2.45, 2.75) is 31.0 Å². The van der Waals surface area contributed by atoms with Crippen LogP contribution in [0.4, 0.5) is 0 Å². The molecule has 11 nitrogen and oxygen atoms in total. The van der Waals surface area contributed by atoms with E-state index in [0.29, 0.717) is 5.56 Å². The van der Waals surface area contributed by atoms with Crippen molar-refractivity contribution in [3.63, 3.8) is 0 Å². The zero-order valence-electron chi connectivity index (χ0n) is 16.4. The first kappa shape index (κ1) is 21.6. The summed E-state index contributed by atoms with van der Waals surface area (Å²) in [7, 11) is 0. The lowest BCUT2D eigenvalue weighted by Crippen LogP contribution is -2.45. The molecule has 0 spiro atoms. The summed E-state index contributed by atoms with van der Waals surface area (Å²) in [5.41, 5.74) is 0.454. The fraction of sp³-hybridized carbons (Fsp3) is 0.286. The average molecular weight is 448 g/mol. The molecule has 170 valence electrons. The van der Waals surface area contributed by atoms with Crippen LogP contribution in [0.25, 0.3) is 0 Å². The number of aliphatic hydroxyl groups is 4. The molecule has 2 aliphatic rings. The van der Waals surface area contributed by atoms with Gasteiger partial charge in [-0.25, -0.2) is 0 Å². The van der Waals surface area contributed by atoms with Gasteiger partial charge in [0.25, 0.3) is 6.29 Å². The van der Waals surface area contributed by atoms with Crippen molar-refractivity contribution in [1.29, 1.82) is 0 Å². The molecule has 2 aliphatic heterocycles. The molecule has 2 heterocycles. The van der Waals surface area contributed by atoms with Crippen LogP contribution in [0.3, 0.4) is 0 Å². The van der Waals surface area contributed by atoms with Gasteiger partial charge in [-0.1, -0.05) is 6.07 Å². The predicted molar refractivity (Wildman–Crippen MR) is 105 cm³/mol. The van der Waals surface area contributed by atoms with E-state index >= 15 is 0 Å². The monoisotopic (exact) mass is 448 g/mol. The number of carbonyl (C=O) groups is 1. The number of ether oxygens (including phenoxy) is 3. The van der Waals surface area contributed by atoms with Crippen LogP contribution < -0.4 is 9.47 Å². The van der Waals surface area contributed by atoms with Gasteiger partial charge < -0.3 is 50.0 Å². The third-order valence-corrected chi connectivity index (χ3v) is 5.23. The van der Waals surface area contributed by atoms with Crippen LogP contribution >= 0.6 is 0 Å². The van der Waals surface area contributed by atoms with E-state index in [-0.39, 0.29) is 35.0 Å². The summed E-state index contributed by atoms with van der Waals surface area (Å²) < 4.78 is 16.4. The molecule has 0 saturated carbocycles. The third kappa shape index (κ3) is 3.62. The van der Waals surface area contributed by atoms with Gasteiger partial charge >= 0.3 is 0 Å². The quantitative estimate of drug-likeness (QED) is 0.334. The Morgan fingerprint density at radius 1 is 1.00 bits per heavy atom. The normalized spacial score (nSPS) is 25.2. The van der Waals surface area contributed by atoms with E-state index < -0.39 is 54.2 Å². The summed E-state index contributed by atoms with van der Waals surface area (Å²) in [4.78, 5) is 12.6. The number of carbonyl (C=O) groups excluding carboxylic acids is 1. The van der Waals surface area contributed by atoms with E-state index in [2.05, 4.69) is 0 Å². The Bertz CT molecular complexity index is 1090. The average Bonchev–Trinajstić information content (AvgIpc) is 2.77. The molecule has 7 N–H and O–H groups in total. The number of benzene rings is 2. The Labute approximate surface area is 180 Å². The number of ketones is 1. The van der Waals surface area contributed by atoms with Crippen LogP contribution in [0.5, 0.6) is 28.7 Å². The second kappa shape index (κ2) is 8.11. The van der Waals surface area contributed by atoms with E-state index in [4.69, 9.17) is 14.2 Å². The van der Waals surface area contributed by atoms with Gasteiger partial charge in [0.15, 0.2) is 34.5 Å². The molecule has 0 aliphatic carbocycles. The van der Waals surface area contributed by atoms with Gasteiger partial charge in [0.05, 0.1) is 18.6 Å². The molecule has 4 rings (SSSR count). The summed E-state index contributed by atoms with van der Waals surface area (Å²) in [5, 5.41) is 68.8. The van der Waals surface area contributed by atoms with Crippen molar-refractivity contribution in [3.05, 3.63) is 53.0 Å². The van der Waals surface area contributed by atoms with Crippen molar-refractivity contribution in [1.82, 2.24) is 0 Å². The van der Waals surface area contributed by atoms with Crippen molar-refractivity contribution in [2.24, 2.45) is 0 Å². The van der Waals surface area contributed by atoms with Gasteiger partial charge in [0.1, 0.15) is 18.3 Å². The van der Waals surface area contributed by atoms with Crippen LogP contribution in [0, 0.1) is 0 Å². The van der Waals surface area contributed by atoms with Crippen molar-refractivity contribution in [2.75, 3.05) is 6.61 Å². The number of aliphatic hydroxyl groups excluding tert-OH is 4. The molecule has 11 heteroatoms. The number of phenolic OH excluding ortho intramolecular Hbond substituents is 3. The van der Waals surface area contributed by atoms with Crippen LogP contribution in [0.2, 0.25) is 0 Å². The maximum Gasteiger partial charge on any atom is 0.262 e. The minimum atomic E-state index is -1.67. The summed E-state index contributed by atoms with van der Waals surface area (Å²) >= 11 is 0. The molecule has 0 amide bonds. The molecule has 2 aromatic carbocycles. The molecule has 2 unspecified atom stereocenters. The third-order valence-electron chi connectivity index (χ3n) is 5.23. The van der Waals surface area contributed by atoms with Crippen LogP contribution in [0.1, 0.15) is 28.4 Å². The Morgan fingerprint density at radius 2 is 1.75 bits per heavy atom. The van der Waals surface area contributed by atoms with Gasteiger partial charge in [0.2, 0.25) is 11.5 Å². The Kier molecular flexibility index (Phi) is 5.46. The Morgan fingerprint density at radius 3 is 2.44 bits per heavy atom. The molecule has 4 atom stereocenters. The Balaban J connectivity index is 1.64. The van der Waals surface area contributed by atoms with Crippen LogP contribution in [-0.4, -0.2) is 66.6 Å². The van der Waals surface area contributed by atoms with Gasteiger partial charge in [-0.05, 0) is 29.8 Å². The smallest absolute Gasteiger partial charge is 0.262 e. The molecule has 0 radical (unpaired) electrons. The van der Waals surface area contributed by atoms with E-state index in [1.54, 1.807) is 0 Å². The van der Waals surface area contributed by atoms with E-state index in [1.807, 2.05) is 0 Å². The lowest BCUT2D eigenvalue weighted by Gasteiger charge is -2.32. The minimum absolute atomic E-state index is 0.0740. The molecule has 0 saturated heterocycles. The lowest BCUT2D eigenvalue weighted by molar-refractivity contribution is -0.178. The number of aromatic hydroxyl groups is 3.